The smallest absolute Gasteiger partial charge is 0.338 e. The quantitative estimate of drug-likeness (QED) is 0.394. The maximum Gasteiger partial charge on any atom is 0.338 e. The number of carbonyl (C=O) groups is 2. The van der Waals surface area contributed by atoms with Gasteiger partial charge < -0.3 is 14.8 Å². The van der Waals surface area contributed by atoms with Crippen LogP contribution in [0.25, 0.3) is 0 Å². The van der Waals surface area contributed by atoms with Gasteiger partial charge in [0.05, 0.1) is 36.8 Å². The SMILES string of the molecule is CCOC(=O)c1ccc2c(c1)NC(=O)C2C(=Nc1ccc(CN2CCOCC2)cc1)c1ccccc1. The number of hydrogen-bond donors (Lipinski definition) is 1. The first-order valence-electron chi connectivity index (χ1n) is 12.3. The number of carbonyl (C=O) groups excluding carboxylic acids is 2. The van der Waals surface area contributed by atoms with Crippen LogP contribution in [-0.4, -0.2) is 55.4 Å². The molecule has 1 fully saturated rings. The van der Waals surface area contributed by atoms with Gasteiger partial charge in [-0.2, -0.15) is 0 Å². The molecular weight excluding hydrogens is 454 g/mol. The van der Waals surface area contributed by atoms with Crippen LogP contribution in [-0.2, 0) is 20.8 Å². The number of fused-ring (bicyclic) bond motifs is 1. The van der Waals surface area contributed by atoms with Crippen LogP contribution in [0.5, 0.6) is 0 Å². The number of benzene rings is 3. The summed E-state index contributed by atoms with van der Waals surface area (Å²) in [5.74, 6) is -1.17. The average Bonchev–Trinajstić information content (AvgIpc) is 3.24. The Morgan fingerprint density at radius 3 is 2.50 bits per heavy atom. The summed E-state index contributed by atoms with van der Waals surface area (Å²) in [6.07, 6.45) is 0. The highest BCUT2D eigenvalue weighted by Crippen LogP contribution is 2.37. The number of amides is 1. The van der Waals surface area contributed by atoms with Gasteiger partial charge in [-0.15, -0.1) is 0 Å². The minimum absolute atomic E-state index is 0.169. The van der Waals surface area contributed by atoms with Crippen LogP contribution < -0.4 is 5.32 Å². The van der Waals surface area contributed by atoms with Crippen LogP contribution in [0, 0.1) is 0 Å². The molecule has 3 aromatic carbocycles. The highest BCUT2D eigenvalue weighted by molar-refractivity contribution is 6.24. The Bertz CT molecular complexity index is 1270. The predicted molar refractivity (Wildman–Crippen MR) is 139 cm³/mol. The fourth-order valence-electron chi connectivity index (χ4n) is 4.61. The summed E-state index contributed by atoms with van der Waals surface area (Å²) in [6.45, 7) is 6.35. The minimum atomic E-state index is -0.591. The molecule has 0 saturated carbocycles. The van der Waals surface area contributed by atoms with E-state index in [1.54, 1.807) is 19.1 Å². The summed E-state index contributed by atoms with van der Waals surface area (Å²) < 4.78 is 10.5. The molecule has 3 aromatic rings. The number of esters is 1. The molecule has 1 saturated heterocycles. The fraction of sp³-hybridized carbons (Fsp3) is 0.276. The number of aliphatic imine (C=N–C) groups is 1. The van der Waals surface area contributed by atoms with Crippen molar-refractivity contribution in [2.45, 2.75) is 19.4 Å². The zero-order chi connectivity index (χ0) is 24.9. The highest BCUT2D eigenvalue weighted by Gasteiger charge is 2.36. The molecule has 0 aromatic heterocycles. The summed E-state index contributed by atoms with van der Waals surface area (Å²) >= 11 is 0. The number of ether oxygens (including phenoxy) is 2. The molecule has 1 N–H and O–H groups in total. The van der Waals surface area contributed by atoms with E-state index in [4.69, 9.17) is 14.5 Å². The molecule has 1 amide bonds. The summed E-state index contributed by atoms with van der Waals surface area (Å²) in [4.78, 5) is 32.7. The number of morpholine rings is 1. The van der Waals surface area contributed by atoms with Crippen LogP contribution in [0.15, 0.2) is 77.8 Å². The van der Waals surface area contributed by atoms with Crippen molar-refractivity contribution in [3.05, 3.63) is 95.1 Å². The summed E-state index contributed by atoms with van der Waals surface area (Å²) in [5, 5.41) is 2.93. The molecule has 1 atom stereocenters. The van der Waals surface area contributed by atoms with Gasteiger partial charge in [0, 0.05) is 25.3 Å². The van der Waals surface area contributed by atoms with Crippen molar-refractivity contribution in [3.8, 4) is 0 Å². The van der Waals surface area contributed by atoms with Gasteiger partial charge in [0.25, 0.3) is 0 Å². The molecular formula is C29H29N3O4. The van der Waals surface area contributed by atoms with Gasteiger partial charge in [-0.25, -0.2) is 4.79 Å². The van der Waals surface area contributed by atoms with E-state index in [9.17, 15) is 9.59 Å². The molecule has 36 heavy (non-hydrogen) atoms. The van der Waals surface area contributed by atoms with E-state index in [-0.39, 0.29) is 5.91 Å². The van der Waals surface area contributed by atoms with Crippen LogP contribution >= 0.6 is 0 Å². The van der Waals surface area contributed by atoms with E-state index in [0.717, 1.165) is 49.7 Å². The van der Waals surface area contributed by atoms with Gasteiger partial charge >= 0.3 is 5.97 Å². The van der Waals surface area contributed by atoms with Crippen LogP contribution in [0.1, 0.15) is 39.9 Å². The van der Waals surface area contributed by atoms with Crippen molar-refractivity contribution in [2.24, 2.45) is 4.99 Å². The van der Waals surface area contributed by atoms with E-state index >= 15 is 0 Å². The Balaban J connectivity index is 1.46. The van der Waals surface area contributed by atoms with Crippen LogP contribution in [0.3, 0.4) is 0 Å². The number of anilines is 1. The molecule has 2 aliphatic rings. The van der Waals surface area contributed by atoms with Crippen molar-refractivity contribution in [3.63, 3.8) is 0 Å². The second kappa shape index (κ2) is 10.8. The first kappa shape index (κ1) is 23.9. The van der Waals surface area contributed by atoms with Gasteiger partial charge in [0.15, 0.2) is 0 Å². The molecule has 7 nitrogen and oxygen atoms in total. The van der Waals surface area contributed by atoms with E-state index in [1.165, 1.54) is 5.56 Å². The highest BCUT2D eigenvalue weighted by atomic mass is 16.5. The lowest BCUT2D eigenvalue weighted by Crippen LogP contribution is -2.35. The second-order valence-electron chi connectivity index (χ2n) is 8.86. The van der Waals surface area contributed by atoms with E-state index in [1.807, 2.05) is 48.5 Å². The van der Waals surface area contributed by atoms with Gasteiger partial charge in [0.1, 0.15) is 5.92 Å². The van der Waals surface area contributed by atoms with Crippen molar-refractivity contribution < 1.29 is 19.1 Å². The zero-order valence-electron chi connectivity index (χ0n) is 20.3. The molecule has 1 unspecified atom stereocenters. The maximum atomic E-state index is 13.2. The molecule has 0 radical (unpaired) electrons. The van der Waals surface area contributed by atoms with Crippen molar-refractivity contribution in [1.29, 1.82) is 0 Å². The summed E-state index contributed by atoms with van der Waals surface area (Å²) in [6, 6.07) is 23.1. The lowest BCUT2D eigenvalue weighted by atomic mass is 9.90. The van der Waals surface area contributed by atoms with Gasteiger partial charge in [-0.1, -0.05) is 48.5 Å². The zero-order valence-corrected chi connectivity index (χ0v) is 20.3. The van der Waals surface area contributed by atoms with Crippen LogP contribution in [0.2, 0.25) is 0 Å². The van der Waals surface area contributed by atoms with Crippen LogP contribution in [0.4, 0.5) is 11.4 Å². The molecule has 2 aliphatic heterocycles. The lowest BCUT2D eigenvalue weighted by molar-refractivity contribution is -0.115. The fourth-order valence-corrected chi connectivity index (χ4v) is 4.61. The van der Waals surface area contributed by atoms with E-state index in [2.05, 4.69) is 22.3 Å². The average molecular weight is 484 g/mol. The molecule has 5 rings (SSSR count). The number of nitrogens with one attached hydrogen (secondary N) is 1. The molecule has 0 bridgehead atoms. The monoisotopic (exact) mass is 483 g/mol. The van der Waals surface area contributed by atoms with Crippen molar-refractivity contribution in [1.82, 2.24) is 4.90 Å². The van der Waals surface area contributed by atoms with E-state index < -0.39 is 11.9 Å². The third-order valence-electron chi connectivity index (χ3n) is 6.43. The molecule has 7 heteroatoms. The predicted octanol–water partition coefficient (Wildman–Crippen LogP) is 4.55. The maximum absolute atomic E-state index is 13.2. The largest absolute Gasteiger partial charge is 0.462 e. The second-order valence-corrected chi connectivity index (χ2v) is 8.86. The number of rotatable bonds is 7. The Morgan fingerprint density at radius 1 is 1.03 bits per heavy atom. The Labute approximate surface area is 210 Å². The Morgan fingerprint density at radius 2 is 1.78 bits per heavy atom. The third kappa shape index (κ3) is 5.22. The summed E-state index contributed by atoms with van der Waals surface area (Å²) in [7, 11) is 0. The van der Waals surface area contributed by atoms with Gasteiger partial charge in [0.2, 0.25) is 5.91 Å². The third-order valence-corrected chi connectivity index (χ3v) is 6.43. The number of hydrogen-bond acceptors (Lipinski definition) is 6. The first-order valence-corrected chi connectivity index (χ1v) is 12.3. The van der Waals surface area contributed by atoms with Crippen molar-refractivity contribution >= 4 is 29.0 Å². The summed E-state index contributed by atoms with van der Waals surface area (Å²) in [5.41, 5.74) is 5.34. The first-order chi connectivity index (χ1) is 17.6. The molecule has 2 heterocycles. The van der Waals surface area contributed by atoms with Gasteiger partial charge in [-0.3, -0.25) is 14.7 Å². The standard InChI is InChI=1S/C29H29N3O4/c1-2-36-29(34)22-10-13-24-25(18-22)31-28(33)26(24)27(21-6-4-3-5-7-21)30-23-11-8-20(9-12-23)19-32-14-16-35-17-15-32/h3-13,18,26H,2,14-17,19H2,1H3,(H,31,33). The lowest BCUT2D eigenvalue weighted by Gasteiger charge is -2.26. The van der Waals surface area contributed by atoms with Gasteiger partial charge in [-0.05, 0) is 47.9 Å². The van der Waals surface area contributed by atoms with E-state index in [0.29, 0.717) is 23.6 Å². The molecule has 184 valence electrons. The normalized spacial score (nSPS) is 18.0. The van der Waals surface area contributed by atoms with Crippen molar-refractivity contribution in [2.75, 3.05) is 38.2 Å². The number of nitrogens with zero attached hydrogens (tertiary/aromatic N) is 2. The Kier molecular flexibility index (Phi) is 7.21. The topological polar surface area (TPSA) is 80.2 Å². The molecule has 0 aliphatic carbocycles. The minimum Gasteiger partial charge on any atom is -0.462 e. The Hall–Kier alpha value is -3.81. The molecule has 0 spiro atoms.